The first-order valence-electron chi connectivity index (χ1n) is 7.28. The van der Waals surface area contributed by atoms with E-state index >= 15 is 0 Å². The fourth-order valence-corrected chi connectivity index (χ4v) is 4.05. The zero-order valence-corrected chi connectivity index (χ0v) is 13.2. The average Bonchev–Trinajstić information content (AvgIpc) is 2.45. The number of phenolic OH excluding ortho intramolecular Hbond substituents is 1. The molecule has 1 aromatic rings. The van der Waals surface area contributed by atoms with Gasteiger partial charge < -0.3 is 14.9 Å². The van der Waals surface area contributed by atoms with E-state index in [9.17, 15) is 10.2 Å². The molecule has 21 heavy (non-hydrogen) atoms. The second-order valence-electron chi connectivity index (χ2n) is 6.74. The summed E-state index contributed by atoms with van der Waals surface area (Å²) in [6.07, 6.45) is 3.83. The molecule has 0 spiro atoms. The molecule has 2 aliphatic rings. The number of aliphatic hydroxyl groups excluding tert-OH is 1. The van der Waals surface area contributed by atoms with Gasteiger partial charge in [-0.3, -0.25) is 0 Å². The molecule has 3 atom stereocenters. The summed E-state index contributed by atoms with van der Waals surface area (Å²) in [7, 11) is 0. The minimum Gasteiger partial charge on any atom is -0.508 e. The number of fused-ring (bicyclic) bond motifs is 2. The van der Waals surface area contributed by atoms with Gasteiger partial charge in [0, 0.05) is 16.4 Å². The zero-order chi connectivity index (χ0) is 15.3. The molecule has 2 N–H and O–H groups in total. The highest BCUT2D eigenvalue weighted by atomic mass is 35.5. The number of aliphatic hydroxyl groups is 1. The number of rotatable bonds is 2. The third kappa shape index (κ3) is 2.28. The van der Waals surface area contributed by atoms with Crippen molar-refractivity contribution in [3.63, 3.8) is 0 Å². The molecule has 1 heterocycles. The summed E-state index contributed by atoms with van der Waals surface area (Å²) in [5, 5.41) is 19.8. The van der Waals surface area contributed by atoms with Crippen molar-refractivity contribution in [2.45, 2.75) is 32.8 Å². The highest BCUT2D eigenvalue weighted by molar-refractivity contribution is 6.31. The lowest BCUT2D eigenvalue weighted by atomic mass is 9.58. The molecule has 1 saturated heterocycles. The number of hydrogen-bond donors (Lipinski definition) is 2. The Bertz CT molecular complexity index is 598. The predicted octanol–water partition coefficient (Wildman–Crippen LogP) is 3.84. The third-order valence-electron chi connectivity index (χ3n) is 5.22. The number of ether oxygens (including phenoxy) is 1. The maximum atomic E-state index is 9.77. The van der Waals surface area contributed by atoms with E-state index in [0.29, 0.717) is 11.6 Å². The van der Waals surface area contributed by atoms with Crippen molar-refractivity contribution in [3.8, 4) is 5.75 Å². The number of phenols is 1. The van der Waals surface area contributed by atoms with Crippen molar-refractivity contribution in [3.05, 3.63) is 40.4 Å². The molecule has 0 aromatic heterocycles. The van der Waals surface area contributed by atoms with Crippen molar-refractivity contribution >= 4 is 11.6 Å². The average molecular weight is 309 g/mol. The largest absolute Gasteiger partial charge is 0.508 e. The summed E-state index contributed by atoms with van der Waals surface area (Å²) < 4.78 is 6.15. The maximum Gasteiger partial charge on any atom is 0.117 e. The van der Waals surface area contributed by atoms with Gasteiger partial charge in [-0.05, 0) is 31.9 Å². The summed E-state index contributed by atoms with van der Waals surface area (Å²) in [4.78, 5) is 0. The van der Waals surface area contributed by atoms with Gasteiger partial charge in [0.15, 0.2) is 0 Å². The van der Waals surface area contributed by atoms with Gasteiger partial charge in [-0.1, -0.05) is 36.2 Å². The molecule has 0 saturated carbocycles. The molecule has 0 radical (unpaired) electrons. The fourth-order valence-electron chi connectivity index (χ4n) is 3.77. The highest BCUT2D eigenvalue weighted by Crippen LogP contribution is 2.58. The van der Waals surface area contributed by atoms with E-state index in [1.54, 1.807) is 12.1 Å². The molecule has 4 heteroatoms. The molecule has 0 unspecified atom stereocenters. The molecule has 1 aliphatic carbocycles. The Balaban J connectivity index is 2.05. The standard InChI is InChI=1S/C17H21ClO3/c1-11-5-6-17(9-19)8-16(11,2)15(21-10-17)13-4-3-12(20)7-14(13)18/h3-5,7,15,19-20H,6,8-10H2,1-2H3/t15-,16+,17+/m0/s1. The van der Waals surface area contributed by atoms with Crippen LogP contribution >= 0.6 is 11.6 Å². The molecule has 3 rings (SSSR count). The lowest BCUT2D eigenvalue weighted by molar-refractivity contribution is -0.149. The zero-order valence-electron chi connectivity index (χ0n) is 12.4. The van der Waals surface area contributed by atoms with Crippen molar-refractivity contribution < 1.29 is 14.9 Å². The van der Waals surface area contributed by atoms with E-state index in [4.69, 9.17) is 16.3 Å². The van der Waals surface area contributed by atoms with Crippen LogP contribution in [0.1, 0.15) is 38.4 Å². The minimum absolute atomic E-state index is 0.141. The summed E-state index contributed by atoms with van der Waals surface area (Å²) in [6, 6.07) is 5.03. The number of allylic oxidation sites excluding steroid dienone is 1. The van der Waals surface area contributed by atoms with Crippen LogP contribution in [0, 0.1) is 10.8 Å². The first-order chi connectivity index (χ1) is 9.90. The second kappa shape index (κ2) is 5.01. The normalized spacial score (nSPS) is 35.4. The van der Waals surface area contributed by atoms with Gasteiger partial charge in [0.2, 0.25) is 0 Å². The molecule has 1 aliphatic heterocycles. The van der Waals surface area contributed by atoms with Crippen LogP contribution in [0.3, 0.4) is 0 Å². The molecule has 1 fully saturated rings. The molecular formula is C17H21ClO3. The first kappa shape index (κ1) is 14.9. The Hall–Kier alpha value is -1.03. The second-order valence-corrected chi connectivity index (χ2v) is 7.15. The summed E-state index contributed by atoms with van der Waals surface area (Å²) in [5.41, 5.74) is 1.83. The molecule has 1 aromatic carbocycles. The van der Waals surface area contributed by atoms with Gasteiger partial charge in [0.1, 0.15) is 5.75 Å². The third-order valence-corrected chi connectivity index (χ3v) is 5.55. The Morgan fingerprint density at radius 1 is 1.43 bits per heavy atom. The molecule has 3 nitrogen and oxygen atoms in total. The van der Waals surface area contributed by atoms with Crippen LogP contribution in [0.25, 0.3) is 0 Å². The Morgan fingerprint density at radius 3 is 2.86 bits per heavy atom. The Labute approximate surface area is 130 Å². The monoisotopic (exact) mass is 308 g/mol. The van der Waals surface area contributed by atoms with Crippen LogP contribution in [-0.4, -0.2) is 23.4 Å². The number of benzene rings is 1. The number of hydrogen-bond acceptors (Lipinski definition) is 3. The number of aromatic hydroxyl groups is 1. The van der Waals surface area contributed by atoms with Gasteiger partial charge in [0.05, 0.1) is 24.3 Å². The summed E-state index contributed by atoms with van der Waals surface area (Å²) in [5.74, 6) is 0.158. The van der Waals surface area contributed by atoms with Crippen LogP contribution in [0.2, 0.25) is 5.02 Å². The topological polar surface area (TPSA) is 49.7 Å². The van der Waals surface area contributed by atoms with Gasteiger partial charge in [-0.25, -0.2) is 0 Å². The SMILES string of the molecule is CC1=CC[C@@]2(CO)CO[C@@H](c3ccc(O)cc3Cl)[C@]1(C)C2. The molecule has 114 valence electrons. The lowest BCUT2D eigenvalue weighted by Crippen LogP contribution is -2.48. The van der Waals surface area contributed by atoms with E-state index in [1.165, 1.54) is 5.57 Å². The van der Waals surface area contributed by atoms with Crippen molar-refractivity contribution in [2.75, 3.05) is 13.2 Å². The van der Waals surface area contributed by atoms with Crippen molar-refractivity contribution in [1.82, 2.24) is 0 Å². The van der Waals surface area contributed by atoms with Crippen LogP contribution in [0.5, 0.6) is 5.75 Å². The van der Waals surface area contributed by atoms with Crippen LogP contribution < -0.4 is 0 Å². The van der Waals surface area contributed by atoms with Crippen molar-refractivity contribution in [1.29, 1.82) is 0 Å². The Morgan fingerprint density at radius 2 is 2.19 bits per heavy atom. The summed E-state index contributed by atoms with van der Waals surface area (Å²) >= 11 is 6.31. The predicted molar refractivity (Wildman–Crippen MR) is 82.4 cm³/mol. The fraction of sp³-hybridized carbons (Fsp3) is 0.529. The smallest absolute Gasteiger partial charge is 0.117 e. The van der Waals surface area contributed by atoms with E-state index in [0.717, 1.165) is 18.4 Å². The first-order valence-corrected chi connectivity index (χ1v) is 7.66. The molecule has 0 amide bonds. The Kier molecular flexibility index (Phi) is 3.55. The minimum atomic E-state index is -0.181. The van der Waals surface area contributed by atoms with E-state index in [-0.39, 0.29) is 29.3 Å². The van der Waals surface area contributed by atoms with Crippen LogP contribution in [0.4, 0.5) is 0 Å². The lowest BCUT2D eigenvalue weighted by Gasteiger charge is -2.53. The van der Waals surface area contributed by atoms with Crippen LogP contribution in [-0.2, 0) is 4.74 Å². The quantitative estimate of drug-likeness (QED) is 0.816. The van der Waals surface area contributed by atoms with Gasteiger partial charge in [-0.2, -0.15) is 0 Å². The molecular weight excluding hydrogens is 288 g/mol. The highest BCUT2D eigenvalue weighted by Gasteiger charge is 2.52. The van der Waals surface area contributed by atoms with Crippen molar-refractivity contribution in [2.24, 2.45) is 10.8 Å². The molecule has 2 bridgehead atoms. The van der Waals surface area contributed by atoms with E-state index in [2.05, 4.69) is 19.9 Å². The van der Waals surface area contributed by atoms with Gasteiger partial charge >= 0.3 is 0 Å². The summed E-state index contributed by atoms with van der Waals surface area (Å²) in [6.45, 7) is 4.97. The van der Waals surface area contributed by atoms with Gasteiger partial charge in [0.25, 0.3) is 0 Å². The van der Waals surface area contributed by atoms with Gasteiger partial charge in [-0.15, -0.1) is 0 Å². The number of halogens is 1. The van der Waals surface area contributed by atoms with Crippen LogP contribution in [0.15, 0.2) is 29.8 Å². The van der Waals surface area contributed by atoms with E-state index < -0.39 is 0 Å². The van der Waals surface area contributed by atoms with E-state index in [1.807, 2.05) is 6.07 Å². The maximum absolute atomic E-state index is 9.77.